The van der Waals surface area contributed by atoms with Crippen molar-refractivity contribution in [3.63, 3.8) is 0 Å². The molecule has 0 fully saturated rings. The van der Waals surface area contributed by atoms with Crippen molar-refractivity contribution in [1.29, 1.82) is 0 Å². The van der Waals surface area contributed by atoms with Gasteiger partial charge in [0.05, 0.1) is 6.21 Å². The molecule has 0 spiro atoms. The predicted octanol–water partition coefficient (Wildman–Crippen LogP) is 3.69. The highest BCUT2D eigenvalue weighted by molar-refractivity contribution is 7.80. The first-order valence-corrected chi connectivity index (χ1v) is 7.15. The van der Waals surface area contributed by atoms with Gasteiger partial charge in [-0.05, 0) is 54.7 Å². The summed E-state index contributed by atoms with van der Waals surface area (Å²) < 4.78 is 0. The lowest BCUT2D eigenvalue weighted by Gasteiger charge is -2.11. The van der Waals surface area contributed by atoms with Gasteiger partial charge in [-0.15, -0.1) is 11.3 Å². The second kappa shape index (κ2) is 6.45. The molecule has 0 aliphatic rings. The van der Waals surface area contributed by atoms with E-state index in [4.69, 9.17) is 12.2 Å². The third-order valence-electron chi connectivity index (χ3n) is 2.75. The Hall–Kier alpha value is -1.72. The van der Waals surface area contributed by atoms with Crippen molar-refractivity contribution in [3.05, 3.63) is 51.7 Å². The Morgan fingerprint density at radius 1 is 1.26 bits per heavy atom. The van der Waals surface area contributed by atoms with Crippen molar-refractivity contribution < 1.29 is 0 Å². The summed E-state index contributed by atoms with van der Waals surface area (Å²) in [5, 5.41) is 9.73. The fourth-order valence-electron chi connectivity index (χ4n) is 1.56. The molecule has 2 aromatic rings. The lowest BCUT2D eigenvalue weighted by atomic mass is 10.1. The van der Waals surface area contributed by atoms with Crippen LogP contribution in [0.1, 0.15) is 16.0 Å². The maximum absolute atomic E-state index is 5.20. The number of rotatable bonds is 3. The number of hydrogen-bond donors (Lipinski definition) is 2. The van der Waals surface area contributed by atoms with Crippen molar-refractivity contribution in [2.45, 2.75) is 13.8 Å². The maximum atomic E-state index is 5.20. The Bertz CT molecular complexity index is 589. The van der Waals surface area contributed by atoms with E-state index in [-0.39, 0.29) is 0 Å². The molecule has 0 unspecified atom stereocenters. The average molecular weight is 289 g/mol. The molecule has 0 aliphatic carbocycles. The minimum absolute atomic E-state index is 0.488. The maximum Gasteiger partial charge on any atom is 0.191 e. The van der Waals surface area contributed by atoms with Crippen LogP contribution in [0, 0.1) is 13.8 Å². The van der Waals surface area contributed by atoms with E-state index < -0.39 is 0 Å². The van der Waals surface area contributed by atoms with Crippen LogP contribution in [-0.4, -0.2) is 11.3 Å². The molecule has 0 aliphatic heterocycles. The van der Waals surface area contributed by atoms with Gasteiger partial charge in [0, 0.05) is 10.6 Å². The fraction of sp³-hybridized carbons (Fsp3) is 0.143. The van der Waals surface area contributed by atoms with Gasteiger partial charge in [-0.1, -0.05) is 18.2 Å². The Morgan fingerprint density at radius 3 is 2.84 bits per heavy atom. The molecule has 1 aromatic carbocycles. The summed E-state index contributed by atoms with van der Waals surface area (Å²) in [5.74, 6) is 0. The summed E-state index contributed by atoms with van der Waals surface area (Å²) in [5.41, 5.74) is 6.24. The van der Waals surface area contributed by atoms with E-state index in [1.165, 1.54) is 11.1 Å². The Balaban J connectivity index is 1.93. The summed E-state index contributed by atoms with van der Waals surface area (Å²) in [7, 11) is 0. The van der Waals surface area contributed by atoms with E-state index in [9.17, 15) is 0 Å². The van der Waals surface area contributed by atoms with Crippen LogP contribution in [0.5, 0.6) is 0 Å². The van der Waals surface area contributed by atoms with Crippen molar-refractivity contribution >= 4 is 40.6 Å². The highest BCUT2D eigenvalue weighted by Gasteiger charge is 2.01. The molecule has 0 saturated heterocycles. The molecule has 19 heavy (non-hydrogen) atoms. The topological polar surface area (TPSA) is 36.4 Å². The molecule has 0 radical (unpaired) electrons. The number of thiophene rings is 1. The minimum atomic E-state index is 0.488. The molecule has 5 heteroatoms. The molecule has 2 rings (SSSR count). The first-order chi connectivity index (χ1) is 9.16. The van der Waals surface area contributed by atoms with Crippen molar-refractivity contribution in [3.8, 4) is 0 Å². The minimum Gasteiger partial charge on any atom is -0.331 e. The molecule has 3 nitrogen and oxygen atoms in total. The highest BCUT2D eigenvalue weighted by atomic mass is 32.1. The Morgan fingerprint density at radius 2 is 2.11 bits per heavy atom. The SMILES string of the molecule is Cc1cccc(NC(=S)NN=Cc2cccs2)c1C. The zero-order valence-electron chi connectivity index (χ0n) is 10.8. The Kier molecular flexibility index (Phi) is 4.65. The van der Waals surface area contributed by atoms with Crippen LogP contribution in [0.4, 0.5) is 5.69 Å². The number of nitrogens with zero attached hydrogens (tertiary/aromatic N) is 1. The molecule has 0 bridgehead atoms. The number of nitrogens with one attached hydrogen (secondary N) is 2. The van der Waals surface area contributed by atoms with Gasteiger partial charge in [-0.3, -0.25) is 5.43 Å². The fourth-order valence-corrected chi connectivity index (χ4v) is 2.30. The van der Waals surface area contributed by atoms with Crippen molar-refractivity contribution in [2.24, 2.45) is 5.10 Å². The predicted molar refractivity (Wildman–Crippen MR) is 87.2 cm³/mol. The molecular weight excluding hydrogens is 274 g/mol. The quantitative estimate of drug-likeness (QED) is 0.514. The van der Waals surface area contributed by atoms with Gasteiger partial charge in [0.15, 0.2) is 5.11 Å². The van der Waals surface area contributed by atoms with E-state index in [0.29, 0.717) is 5.11 Å². The zero-order chi connectivity index (χ0) is 13.7. The van der Waals surface area contributed by atoms with E-state index in [1.54, 1.807) is 17.6 Å². The number of aryl methyl sites for hydroxylation is 1. The highest BCUT2D eigenvalue weighted by Crippen LogP contribution is 2.17. The molecule has 1 aromatic heterocycles. The summed E-state index contributed by atoms with van der Waals surface area (Å²) in [6.45, 7) is 4.14. The standard InChI is InChI=1S/C14H15N3S2/c1-10-5-3-7-13(11(10)2)16-14(18)17-15-9-12-6-4-8-19-12/h3-9H,1-2H3,(H2,16,17,18). The van der Waals surface area contributed by atoms with E-state index in [1.807, 2.05) is 29.6 Å². The number of benzene rings is 1. The zero-order valence-corrected chi connectivity index (χ0v) is 12.4. The summed E-state index contributed by atoms with van der Waals surface area (Å²) in [4.78, 5) is 1.09. The van der Waals surface area contributed by atoms with Gasteiger partial charge in [0.25, 0.3) is 0 Å². The summed E-state index contributed by atoms with van der Waals surface area (Å²) in [6.07, 6.45) is 1.75. The number of hydrogen-bond acceptors (Lipinski definition) is 3. The first-order valence-electron chi connectivity index (χ1n) is 5.86. The number of thiocarbonyl (C=S) groups is 1. The monoisotopic (exact) mass is 289 g/mol. The average Bonchev–Trinajstić information content (AvgIpc) is 2.88. The van der Waals surface area contributed by atoms with Gasteiger partial charge >= 0.3 is 0 Å². The second-order valence-corrected chi connectivity index (χ2v) is 5.47. The van der Waals surface area contributed by atoms with Crippen LogP contribution >= 0.6 is 23.6 Å². The van der Waals surface area contributed by atoms with Crippen LogP contribution in [-0.2, 0) is 0 Å². The first kappa shape index (κ1) is 13.7. The van der Waals surface area contributed by atoms with E-state index >= 15 is 0 Å². The molecule has 0 atom stereocenters. The van der Waals surface area contributed by atoms with Crippen LogP contribution in [0.25, 0.3) is 0 Å². The largest absolute Gasteiger partial charge is 0.331 e. The van der Waals surface area contributed by atoms with Crippen molar-refractivity contribution in [1.82, 2.24) is 5.43 Å². The van der Waals surface area contributed by atoms with E-state index in [0.717, 1.165) is 10.6 Å². The third-order valence-corrected chi connectivity index (χ3v) is 3.75. The van der Waals surface area contributed by atoms with Gasteiger partial charge in [-0.25, -0.2) is 0 Å². The number of anilines is 1. The normalized spacial score (nSPS) is 10.6. The van der Waals surface area contributed by atoms with Gasteiger partial charge in [-0.2, -0.15) is 5.10 Å². The van der Waals surface area contributed by atoms with Crippen LogP contribution in [0.3, 0.4) is 0 Å². The van der Waals surface area contributed by atoms with Crippen LogP contribution in [0.15, 0.2) is 40.8 Å². The molecule has 98 valence electrons. The lowest BCUT2D eigenvalue weighted by molar-refractivity contribution is 1.05. The summed E-state index contributed by atoms with van der Waals surface area (Å²) >= 11 is 6.83. The van der Waals surface area contributed by atoms with Gasteiger partial charge in [0.1, 0.15) is 0 Å². The molecule has 1 heterocycles. The number of hydrazone groups is 1. The molecule has 0 saturated carbocycles. The lowest BCUT2D eigenvalue weighted by Crippen LogP contribution is -2.24. The van der Waals surface area contributed by atoms with Crippen molar-refractivity contribution in [2.75, 3.05) is 5.32 Å². The van der Waals surface area contributed by atoms with Gasteiger partial charge < -0.3 is 5.32 Å². The third kappa shape index (κ3) is 3.87. The smallest absolute Gasteiger partial charge is 0.191 e. The summed E-state index contributed by atoms with van der Waals surface area (Å²) in [6, 6.07) is 10.1. The molecule has 0 amide bonds. The van der Waals surface area contributed by atoms with Gasteiger partial charge in [0.2, 0.25) is 0 Å². The van der Waals surface area contributed by atoms with Crippen LogP contribution < -0.4 is 10.7 Å². The van der Waals surface area contributed by atoms with E-state index in [2.05, 4.69) is 35.8 Å². The molecular formula is C14H15N3S2. The second-order valence-electron chi connectivity index (χ2n) is 4.09. The molecule has 2 N–H and O–H groups in total. The Labute approximate surface area is 122 Å². The van der Waals surface area contributed by atoms with Crippen LogP contribution in [0.2, 0.25) is 0 Å².